The fraction of sp³-hybridized carbons (Fsp3) is 0.632. The molecule has 2 aromatic rings. The van der Waals surface area contributed by atoms with Gasteiger partial charge >= 0.3 is 0 Å². The maximum absolute atomic E-state index is 5.55. The standard InChI is InChI=1S/C19H29N3O/c1-2-23-16-15-22-18-10-5-4-9-17(18)20-19(22)11-8-14-21-12-6-3-7-13-21/h4-5,9-10H,2-3,6-8,11-16H2,1H3. The highest BCUT2D eigenvalue weighted by atomic mass is 16.5. The van der Waals surface area contributed by atoms with E-state index in [9.17, 15) is 0 Å². The molecule has 0 radical (unpaired) electrons. The number of aryl methyl sites for hydroxylation is 1. The Morgan fingerprint density at radius 3 is 2.74 bits per heavy atom. The minimum Gasteiger partial charge on any atom is -0.380 e. The molecule has 0 atom stereocenters. The zero-order valence-corrected chi connectivity index (χ0v) is 14.3. The number of nitrogens with zero attached hydrogens (tertiary/aromatic N) is 3. The van der Waals surface area contributed by atoms with Crippen LogP contribution in [0.1, 0.15) is 38.4 Å². The van der Waals surface area contributed by atoms with Crippen molar-refractivity contribution in [1.29, 1.82) is 0 Å². The largest absolute Gasteiger partial charge is 0.380 e. The van der Waals surface area contributed by atoms with Crippen LogP contribution in [0.4, 0.5) is 0 Å². The number of imidazole rings is 1. The summed E-state index contributed by atoms with van der Waals surface area (Å²) in [6.45, 7) is 8.24. The number of benzene rings is 1. The smallest absolute Gasteiger partial charge is 0.109 e. The third-order valence-corrected chi connectivity index (χ3v) is 4.72. The lowest BCUT2D eigenvalue weighted by molar-refractivity contribution is 0.139. The summed E-state index contributed by atoms with van der Waals surface area (Å²) in [6.07, 6.45) is 6.39. The molecule has 0 unspecified atom stereocenters. The van der Waals surface area contributed by atoms with E-state index in [1.807, 2.05) is 6.92 Å². The second-order valence-corrected chi connectivity index (χ2v) is 6.37. The minimum absolute atomic E-state index is 0.760. The Balaban J connectivity index is 1.64. The predicted molar refractivity (Wildman–Crippen MR) is 94.8 cm³/mol. The summed E-state index contributed by atoms with van der Waals surface area (Å²) in [5, 5.41) is 0. The van der Waals surface area contributed by atoms with E-state index in [1.54, 1.807) is 0 Å². The third-order valence-electron chi connectivity index (χ3n) is 4.72. The lowest BCUT2D eigenvalue weighted by Gasteiger charge is -2.26. The van der Waals surface area contributed by atoms with Crippen LogP contribution in [0.3, 0.4) is 0 Å². The first-order chi connectivity index (χ1) is 11.4. The Bertz CT molecular complexity index is 602. The molecular weight excluding hydrogens is 286 g/mol. The highest BCUT2D eigenvalue weighted by molar-refractivity contribution is 5.75. The van der Waals surface area contributed by atoms with Crippen molar-refractivity contribution in [1.82, 2.24) is 14.5 Å². The van der Waals surface area contributed by atoms with Crippen molar-refractivity contribution in [3.8, 4) is 0 Å². The molecule has 23 heavy (non-hydrogen) atoms. The van der Waals surface area contributed by atoms with Crippen LogP contribution in [0.15, 0.2) is 24.3 Å². The summed E-state index contributed by atoms with van der Waals surface area (Å²) in [5.41, 5.74) is 2.34. The number of aromatic nitrogens is 2. The summed E-state index contributed by atoms with van der Waals surface area (Å²) in [7, 11) is 0. The lowest BCUT2D eigenvalue weighted by Crippen LogP contribution is -2.30. The van der Waals surface area contributed by atoms with Crippen molar-refractivity contribution in [2.24, 2.45) is 0 Å². The Morgan fingerprint density at radius 2 is 1.91 bits per heavy atom. The molecule has 1 aromatic carbocycles. The van der Waals surface area contributed by atoms with E-state index >= 15 is 0 Å². The number of ether oxygens (including phenoxy) is 1. The van der Waals surface area contributed by atoms with E-state index in [0.717, 1.165) is 31.7 Å². The number of hydrogen-bond donors (Lipinski definition) is 0. The van der Waals surface area contributed by atoms with Crippen LogP contribution in [0.25, 0.3) is 11.0 Å². The van der Waals surface area contributed by atoms with Crippen molar-refractivity contribution in [3.05, 3.63) is 30.1 Å². The van der Waals surface area contributed by atoms with E-state index in [4.69, 9.17) is 9.72 Å². The van der Waals surface area contributed by atoms with Gasteiger partial charge in [-0.25, -0.2) is 4.98 Å². The van der Waals surface area contributed by atoms with Gasteiger partial charge in [0.05, 0.1) is 17.6 Å². The number of hydrogen-bond acceptors (Lipinski definition) is 3. The number of rotatable bonds is 8. The SMILES string of the molecule is CCOCCn1c(CCCN2CCCCC2)nc2ccccc21. The van der Waals surface area contributed by atoms with Gasteiger partial charge in [-0.15, -0.1) is 0 Å². The molecule has 0 amide bonds. The number of likely N-dealkylation sites (tertiary alicyclic amines) is 1. The molecule has 1 saturated heterocycles. The van der Waals surface area contributed by atoms with Gasteiger partial charge in [-0.1, -0.05) is 18.6 Å². The van der Waals surface area contributed by atoms with Crippen molar-refractivity contribution in [2.45, 2.75) is 45.6 Å². The van der Waals surface area contributed by atoms with Gasteiger partial charge in [0, 0.05) is 19.6 Å². The van der Waals surface area contributed by atoms with Crippen LogP contribution in [0.5, 0.6) is 0 Å². The van der Waals surface area contributed by atoms with Crippen LogP contribution < -0.4 is 0 Å². The summed E-state index contributed by atoms with van der Waals surface area (Å²) < 4.78 is 7.90. The van der Waals surface area contributed by atoms with Gasteiger partial charge in [0.25, 0.3) is 0 Å². The van der Waals surface area contributed by atoms with E-state index in [-0.39, 0.29) is 0 Å². The number of para-hydroxylation sites is 2. The molecule has 126 valence electrons. The maximum atomic E-state index is 5.55. The molecule has 0 bridgehead atoms. The van der Waals surface area contributed by atoms with Gasteiger partial charge in [0.2, 0.25) is 0 Å². The molecule has 2 heterocycles. The van der Waals surface area contributed by atoms with Gasteiger partial charge in [-0.05, 0) is 58.0 Å². The molecule has 1 aromatic heterocycles. The first-order valence-electron chi connectivity index (χ1n) is 9.12. The van der Waals surface area contributed by atoms with Crippen molar-refractivity contribution < 1.29 is 4.74 Å². The Morgan fingerprint density at radius 1 is 1.09 bits per heavy atom. The van der Waals surface area contributed by atoms with E-state index in [1.165, 1.54) is 56.7 Å². The predicted octanol–water partition coefficient (Wildman–Crippen LogP) is 3.49. The van der Waals surface area contributed by atoms with Gasteiger partial charge in [-0.2, -0.15) is 0 Å². The highest BCUT2D eigenvalue weighted by Crippen LogP contribution is 2.18. The summed E-state index contributed by atoms with van der Waals surface area (Å²) in [4.78, 5) is 7.47. The molecule has 0 saturated carbocycles. The zero-order chi connectivity index (χ0) is 15.9. The number of piperidine rings is 1. The molecule has 0 N–H and O–H groups in total. The van der Waals surface area contributed by atoms with E-state index in [2.05, 4.69) is 33.7 Å². The first-order valence-corrected chi connectivity index (χ1v) is 9.12. The second kappa shape index (κ2) is 8.46. The van der Waals surface area contributed by atoms with Crippen molar-refractivity contribution in [3.63, 3.8) is 0 Å². The molecule has 0 spiro atoms. The lowest BCUT2D eigenvalue weighted by atomic mass is 10.1. The molecular formula is C19H29N3O. The fourth-order valence-electron chi connectivity index (χ4n) is 3.51. The Kier molecular flexibility index (Phi) is 6.06. The third kappa shape index (κ3) is 4.33. The molecule has 1 aliphatic heterocycles. The van der Waals surface area contributed by atoms with E-state index < -0.39 is 0 Å². The second-order valence-electron chi connectivity index (χ2n) is 6.37. The van der Waals surface area contributed by atoms with Crippen LogP contribution in [0, 0.1) is 0 Å². The molecule has 4 heteroatoms. The summed E-state index contributed by atoms with van der Waals surface area (Å²) in [5.74, 6) is 1.21. The van der Waals surface area contributed by atoms with Gasteiger partial charge < -0.3 is 14.2 Å². The number of fused-ring (bicyclic) bond motifs is 1. The quantitative estimate of drug-likeness (QED) is 0.699. The van der Waals surface area contributed by atoms with Gasteiger partial charge in [0.1, 0.15) is 5.82 Å². The average Bonchev–Trinajstić information content (AvgIpc) is 2.94. The monoisotopic (exact) mass is 315 g/mol. The Labute approximate surface area is 139 Å². The summed E-state index contributed by atoms with van der Waals surface area (Å²) >= 11 is 0. The zero-order valence-electron chi connectivity index (χ0n) is 14.3. The van der Waals surface area contributed by atoms with Crippen LogP contribution in [0.2, 0.25) is 0 Å². The fourth-order valence-corrected chi connectivity index (χ4v) is 3.51. The first kappa shape index (κ1) is 16.5. The molecule has 1 aliphatic rings. The van der Waals surface area contributed by atoms with E-state index in [0.29, 0.717) is 0 Å². The maximum Gasteiger partial charge on any atom is 0.109 e. The molecule has 0 aliphatic carbocycles. The van der Waals surface area contributed by atoms with Gasteiger partial charge in [0.15, 0.2) is 0 Å². The minimum atomic E-state index is 0.760. The normalized spacial score (nSPS) is 16.2. The topological polar surface area (TPSA) is 30.3 Å². The molecule has 3 rings (SSSR count). The van der Waals surface area contributed by atoms with Crippen molar-refractivity contribution in [2.75, 3.05) is 32.8 Å². The van der Waals surface area contributed by atoms with Crippen molar-refractivity contribution >= 4 is 11.0 Å². The highest BCUT2D eigenvalue weighted by Gasteiger charge is 2.12. The van der Waals surface area contributed by atoms with Gasteiger partial charge in [-0.3, -0.25) is 0 Å². The van der Waals surface area contributed by atoms with Crippen LogP contribution in [-0.2, 0) is 17.7 Å². The summed E-state index contributed by atoms with van der Waals surface area (Å²) in [6, 6.07) is 8.45. The van der Waals surface area contributed by atoms with Crippen LogP contribution >= 0.6 is 0 Å². The molecule has 1 fully saturated rings. The average molecular weight is 315 g/mol. The van der Waals surface area contributed by atoms with Crippen LogP contribution in [-0.4, -0.2) is 47.3 Å². The molecule has 4 nitrogen and oxygen atoms in total. The Hall–Kier alpha value is -1.39.